The highest BCUT2D eigenvalue weighted by atomic mass is 35.5. The predicted molar refractivity (Wildman–Crippen MR) is 78.1 cm³/mol. The lowest BCUT2D eigenvalue weighted by molar-refractivity contribution is 0.0779. The van der Waals surface area contributed by atoms with Gasteiger partial charge >= 0.3 is 0 Å². The number of rotatable bonds is 4. The van der Waals surface area contributed by atoms with Crippen LogP contribution >= 0.6 is 12.4 Å². The minimum atomic E-state index is -0.526. The molecule has 0 spiro atoms. The van der Waals surface area contributed by atoms with E-state index in [1.807, 2.05) is 7.05 Å². The number of ether oxygens (including phenoxy) is 1. The maximum Gasteiger partial charge on any atom is 0.260 e. The quantitative estimate of drug-likeness (QED) is 0.924. The molecule has 1 aliphatic rings. The van der Waals surface area contributed by atoms with Gasteiger partial charge in [0.05, 0.1) is 7.11 Å². The summed E-state index contributed by atoms with van der Waals surface area (Å²) in [6, 6.07) is 4.44. The number of hydrogen-bond acceptors (Lipinski definition) is 3. The molecule has 0 aliphatic carbocycles. The minimum Gasteiger partial charge on any atom is -0.496 e. The van der Waals surface area contributed by atoms with Gasteiger partial charge in [-0.15, -0.1) is 12.4 Å². The smallest absolute Gasteiger partial charge is 0.260 e. The highest BCUT2D eigenvalue weighted by Gasteiger charge is 2.29. The average molecular weight is 303 g/mol. The van der Waals surface area contributed by atoms with Crippen LogP contribution in [0.25, 0.3) is 0 Å². The van der Waals surface area contributed by atoms with Gasteiger partial charge in [-0.2, -0.15) is 0 Å². The van der Waals surface area contributed by atoms with Crippen molar-refractivity contribution in [1.82, 2.24) is 10.2 Å². The lowest BCUT2D eigenvalue weighted by atomic mass is 10.1. The highest BCUT2D eigenvalue weighted by molar-refractivity contribution is 5.97. The van der Waals surface area contributed by atoms with Crippen LogP contribution in [0.5, 0.6) is 5.75 Å². The van der Waals surface area contributed by atoms with E-state index < -0.39 is 5.82 Å². The van der Waals surface area contributed by atoms with Crippen LogP contribution in [0, 0.1) is 11.7 Å². The molecule has 1 atom stereocenters. The Labute approximate surface area is 124 Å². The van der Waals surface area contributed by atoms with Gasteiger partial charge in [-0.05, 0) is 38.1 Å². The summed E-state index contributed by atoms with van der Waals surface area (Å²) in [5.74, 6) is -0.0799. The lowest BCUT2D eigenvalue weighted by Crippen LogP contribution is -2.31. The summed E-state index contributed by atoms with van der Waals surface area (Å²) >= 11 is 0. The Balaban J connectivity index is 0.00000200. The molecule has 2 rings (SSSR count). The Hall–Kier alpha value is -1.33. The number of benzene rings is 1. The average Bonchev–Trinajstić information content (AvgIpc) is 2.86. The van der Waals surface area contributed by atoms with Crippen LogP contribution in [-0.4, -0.2) is 44.6 Å². The molecule has 112 valence electrons. The first-order valence-electron chi connectivity index (χ1n) is 6.43. The van der Waals surface area contributed by atoms with E-state index in [-0.39, 0.29) is 23.9 Å². The molecular formula is C14H20ClFN2O2. The second-order valence-corrected chi connectivity index (χ2v) is 4.78. The number of likely N-dealkylation sites (tertiary alicyclic amines) is 1. The summed E-state index contributed by atoms with van der Waals surface area (Å²) in [4.78, 5) is 14.1. The Morgan fingerprint density at radius 2 is 2.30 bits per heavy atom. The maximum atomic E-state index is 13.8. The molecule has 6 heteroatoms. The largest absolute Gasteiger partial charge is 0.496 e. The van der Waals surface area contributed by atoms with Gasteiger partial charge in [-0.3, -0.25) is 4.79 Å². The third kappa shape index (κ3) is 3.41. The molecular weight excluding hydrogens is 283 g/mol. The van der Waals surface area contributed by atoms with Crippen molar-refractivity contribution in [3.05, 3.63) is 29.6 Å². The SMILES string of the molecule is CNCC1CCN(C(=O)c2c(F)cccc2OC)C1.Cl. The molecule has 1 saturated heterocycles. The van der Waals surface area contributed by atoms with Gasteiger partial charge < -0.3 is 15.0 Å². The number of hydrogen-bond donors (Lipinski definition) is 1. The van der Waals surface area contributed by atoms with Crippen molar-refractivity contribution in [3.8, 4) is 5.75 Å². The van der Waals surface area contributed by atoms with Crippen LogP contribution < -0.4 is 10.1 Å². The Morgan fingerprint density at radius 1 is 1.55 bits per heavy atom. The lowest BCUT2D eigenvalue weighted by Gasteiger charge is -2.18. The fourth-order valence-corrected chi connectivity index (χ4v) is 2.51. The van der Waals surface area contributed by atoms with Crippen LogP contribution in [0.1, 0.15) is 16.8 Å². The zero-order chi connectivity index (χ0) is 13.8. The van der Waals surface area contributed by atoms with E-state index in [0.717, 1.165) is 13.0 Å². The molecule has 0 aromatic heterocycles. The number of nitrogens with zero attached hydrogens (tertiary/aromatic N) is 1. The van der Waals surface area contributed by atoms with E-state index in [0.29, 0.717) is 24.8 Å². The van der Waals surface area contributed by atoms with E-state index in [1.165, 1.54) is 13.2 Å². The molecule has 1 fully saturated rings. The van der Waals surface area contributed by atoms with Crippen LogP contribution in [0.2, 0.25) is 0 Å². The molecule has 1 N–H and O–H groups in total. The number of amides is 1. The highest BCUT2D eigenvalue weighted by Crippen LogP contribution is 2.25. The zero-order valence-electron chi connectivity index (χ0n) is 11.7. The van der Waals surface area contributed by atoms with Crippen molar-refractivity contribution in [2.45, 2.75) is 6.42 Å². The minimum absolute atomic E-state index is 0. The molecule has 20 heavy (non-hydrogen) atoms. The van der Waals surface area contributed by atoms with Gasteiger partial charge in [0.15, 0.2) is 0 Å². The molecule has 4 nitrogen and oxygen atoms in total. The normalized spacial score (nSPS) is 17.8. The van der Waals surface area contributed by atoms with E-state index in [4.69, 9.17) is 4.74 Å². The van der Waals surface area contributed by atoms with E-state index >= 15 is 0 Å². The number of carbonyl (C=O) groups excluding carboxylic acids is 1. The summed E-state index contributed by atoms with van der Waals surface area (Å²) in [5, 5.41) is 3.11. The van der Waals surface area contributed by atoms with Gasteiger partial charge in [-0.1, -0.05) is 6.07 Å². The predicted octanol–water partition coefficient (Wildman–Crippen LogP) is 1.94. The summed E-state index contributed by atoms with van der Waals surface area (Å²) < 4.78 is 18.9. The molecule has 1 amide bonds. The van der Waals surface area contributed by atoms with Gasteiger partial charge in [0.25, 0.3) is 5.91 Å². The molecule has 1 aromatic carbocycles. The summed E-state index contributed by atoms with van der Waals surface area (Å²) in [5.41, 5.74) is 0.0371. The van der Waals surface area contributed by atoms with Crippen LogP contribution in [0.15, 0.2) is 18.2 Å². The standard InChI is InChI=1S/C14H19FN2O2.ClH/c1-16-8-10-6-7-17(9-10)14(18)13-11(15)4-3-5-12(13)19-2;/h3-5,10,16H,6-9H2,1-2H3;1H. The molecule has 0 bridgehead atoms. The maximum absolute atomic E-state index is 13.8. The number of methoxy groups -OCH3 is 1. The van der Waals surface area contributed by atoms with Crippen molar-refractivity contribution in [2.75, 3.05) is 33.8 Å². The van der Waals surface area contributed by atoms with Crippen LogP contribution in [0.4, 0.5) is 4.39 Å². The van der Waals surface area contributed by atoms with Crippen molar-refractivity contribution < 1.29 is 13.9 Å². The second-order valence-electron chi connectivity index (χ2n) is 4.78. The number of carbonyl (C=O) groups is 1. The monoisotopic (exact) mass is 302 g/mol. The Morgan fingerprint density at radius 3 is 2.95 bits per heavy atom. The van der Waals surface area contributed by atoms with Crippen LogP contribution in [-0.2, 0) is 0 Å². The van der Waals surface area contributed by atoms with Crippen molar-refractivity contribution in [3.63, 3.8) is 0 Å². The fourth-order valence-electron chi connectivity index (χ4n) is 2.51. The molecule has 1 aromatic rings. The topological polar surface area (TPSA) is 41.6 Å². The van der Waals surface area contributed by atoms with Crippen molar-refractivity contribution >= 4 is 18.3 Å². The van der Waals surface area contributed by atoms with Gasteiger partial charge in [-0.25, -0.2) is 4.39 Å². The van der Waals surface area contributed by atoms with Crippen LogP contribution in [0.3, 0.4) is 0 Å². The molecule has 1 unspecified atom stereocenters. The molecule has 0 saturated carbocycles. The first kappa shape index (κ1) is 16.7. The van der Waals surface area contributed by atoms with Gasteiger partial charge in [0, 0.05) is 13.1 Å². The van der Waals surface area contributed by atoms with E-state index in [1.54, 1.807) is 17.0 Å². The first-order valence-corrected chi connectivity index (χ1v) is 6.43. The van der Waals surface area contributed by atoms with Gasteiger partial charge in [0.1, 0.15) is 17.1 Å². The Bertz CT molecular complexity index is 470. The molecule has 0 radical (unpaired) electrons. The second kappa shape index (κ2) is 7.45. The summed E-state index contributed by atoms with van der Waals surface area (Å²) in [6.45, 7) is 2.21. The molecule has 1 aliphatic heterocycles. The van der Waals surface area contributed by atoms with E-state index in [9.17, 15) is 9.18 Å². The number of nitrogens with one attached hydrogen (secondary N) is 1. The molecule has 1 heterocycles. The Kier molecular flexibility index (Phi) is 6.23. The first-order chi connectivity index (χ1) is 9.17. The third-order valence-corrected chi connectivity index (χ3v) is 3.48. The summed E-state index contributed by atoms with van der Waals surface area (Å²) in [7, 11) is 3.34. The summed E-state index contributed by atoms with van der Waals surface area (Å²) in [6.07, 6.45) is 0.948. The van der Waals surface area contributed by atoms with Crippen molar-refractivity contribution in [2.24, 2.45) is 5.92 Å². The van der Waals surface area contributed by atoms with Gasteiger partial charge in [0.2, 0.25) is 0 Å². The third-order valence-electron chi connectivity index (χ3n) is 3.48. The van der Waals surface area contributed by atoms with Crippen molar-refractivity contribution in [1.29, 1.82) is 0 Å². The zero-order valence-corrected chi connectivity index (χ0v) is 12.5. The fraction of sp³-hybridized carbons (Fsp3) is 0.500. The van der Waals surface area contributed by atoms with E-state index in [2.05, 4.69) is 5.32 Å². The number of halogens is 2.